The van der Waals surface area contributed by atoms with E-state index in [-0.39, 0.29) is 12.2 Å². The number of rotatable bonds is 8. The van der Waals surface area contributed by atoms with Crippen LogP contribution in [0.4, 0.5) is 0 Å². The first-order valence-electron chi connectivity index (χ1n) is 6.95. The highest BCUT2D eigenvalue weighted by atomic mass is 32.2. The van der Waals surface area contributed by atoms with Gasteiger partial charge >= 0.3 is 5.69 Å². The summed E-state index contributed by atoms with van der Waals surface area (Å²) in [6, 6.07) is 7.42. The van der Waals surface area contributed by atoms with Crippen molar-refractivity contribution < 1.29 is 8.42 Å². The van der Waals surface area contributed by atoms with Crippen molar-refractivity contribution in [2.75, 3.05) is 13.1 Å². The molecule has 21 heavy (non-hydrogen) atoms. The highest BCUT2D eigenvalue weighted by molar-refractivity contribution is 7.87. The molecule has 116 valence electrons. The van der Waals surface area contributed by atoms with E-state index in [2.05, 4.69) is 14.4 Å². The maximum Gasteiger partial charge on any atom is 0.326 e. The summed E-state index contributed by atoms with van der Waals surface area (Å²) in [7, 11) is -3.43. The van der Waals surface area contributed by atoms with E-state index in [4.69, 9.17) is 0 Å². The van der Waals surface area contributed by atoms with Crippen LogP contribution in [0, 0.1) is 0 Å². The molecule has 2 rings (SSSR count). The van der Waals surface area contributed by atoms with Crippen molar-refractivity contribution in [3.05, 3.63) is 34.7 Å². The molecule has 0 aliphatic rings. The second-order valence-corrected chi connectivity index (χ2v) is 6.33. The van der Waals surface area contributed by atoms with Crippen LogP contribution in [0.2, 0.25) is 0 Å². The van der Waals surface area contributed by atoms with Gasteiger partial charge in [-0.15, -0.1) is 0 Å². The fraction of sp³-hybridized carbons (Fsp3) is 0.462. The first-order valence-corrected chi connectivity index (χ1v) is 8.43. The molecule has 0 bridgehead atoms. The predicted molar refractivity (Wildman–Crippen MR) is 82.4 cm³/mol. The van der Waals surface area contributed by atoms with Crippen LogP contribution >= 0.6 is 0 Å². The number of aromatic nitrogens is 2. The van der Waals surface area contributed by atoms with Crippen LogP contribution in [-0.2, 0) is 16.8 Å². The summed E-state index contributed by atoms with van der Waals surface area (Å²) < 4.78 is 29.6. The van der Waals surface area contributed by atoms with Crippen LogP contribution in [0.3, 0.4) is 0 Å². The van der Waals surface area contributed by atoms with E-state index in [1.54, 1.807) is 4.57 Å². The Hall–Kier alpha value is -1.64. The van der Waals surface area contributed by atoms with E-state index in [9.17, 15) is 13.2 Å². The van der Waals surface area contributed by atoms with Gasteiger partial charge in [-0.05, 0) is 25.0 Å². The zero-order valence-corrected chi connectivity index (χ0v) is 12.7. The van der Waals surface area contributed by atoms with Crippen molar-refractivity contribution >= 4 is 21.2 Å². The number of hydrogen-bond donors (Lipinski definition) is 3. The van der Waals surface area contributed by atoms with Crippen LogP contribution in [-0.4, -0.2) is 31.1 Å². The van der Waals surface area contributed by atoms with Gasteiger partial charge in [-0.2, -0.15) is 8.42 Å². The molecule has 1 heterocycles. The van der Waals surface area contributed by atoms with Gasteiger partial charge in [0, 0.05) is 19.6 Å². The Labute approximate surface area is 123 Å². The molecule has 1 aromatic carbocycles. The number of nitrogens with one attached hydrogen (secondary N) is 3. The van der Waals surface area contributed by atoms with E-state index in [1.807, 2.05) is 31.2 Å². The molecular weight excluding hydrogens is 292 g/mol. The minimum absolute atomic E-state index is 0.178. The molecule has 0 unspecified atom stereocenters. The zero-order valence-electron chi connectivity index (χ0n) is 11.9. The Morgan fingerprint density at radius 1 is 1.19 bits per heavy atom. The number of H-pyrrole nitrogens is 1. The Morgan fingerprint density at radius 3 is 2.67 bits per heavy atom. The highest BCUT2D eigenvalue weighted by Gasteiger charge is 2.08. The van der Waals surface area contributed by atoms with E-state index < -0.39 is 10.2 Å². The normalized spacial score (nSPS) is 12.0. The fourth-order valence-electron chi connectivity index (χ4n) is 2.06. The predicted octanol–water partition coefficient (Wildman–Crippen LogP) is 0.554. The molecule has 0 saturated heterocycles. The second-order valence-electron chi connectivity index (χ2n) is 4.74. The monoisotopic (exact) mass is 312 g/mol. The summed E-state index contributed by atoms with van der Waals surface area (Å²) in [4.78, 5) is 14.6. The van der Waals surface area contributed by atoms with E-state index in [1.165, 1.54) is 0 Å². The topological polar surface area (TPSA) is 96.0 Å². The Kier molecular flexibility index (Phi) is 5.16. The van der Waals surface area contributed by atoms with E-state index in [0.717, 1.165) is 17.5 Å². The number of nitrogens with zero attached hydrogens (tertiary/aromatic N) is 1. The van der Waals surface area contributed by atoms with Crippen LogP contribution in [0.5, 0.6) is 0 Å². The van der Waals surface area contributed by atoms with Gasteiger partial charge < -0.3 is 4.98 Å². The van der Waals surface area contributed by atoms with Crippen molar-refractivity contribution in [2.24, 2.45) is 0 Å². The van der Waals surface area contributed by atoms with Gasteiger partial charge in [0.15, 0.2) is 0 Å². The molecule has 8 heteroatoms. The first kappa shape index (κ1) is 15.7. The lowest BCUT2D eigenvalue weighted by molar-refractivity contribution is 0.556. The number of aromatic amines is 1. The summed E-state index contributed by atoms with van der Waals surface area (Å²) in [5, 5.41) is 0. The minimum atomic E-state index is -3.43. The molecule has 0 spiro atoms. The Balaban J connectivity index is 1.91. The van der Waals surface area contributed by atoms with Crippen LogP contribution in [0.1, 0.15) is 19.8 Å². The smallest absolute Gasteiger partial charge is 0.306 e. The van der Waals surface area contributed by atoms with Gasteiger partial charge in [0.25, 0.3) is 10.2 Å². The molecule has 0 aliphatic carbocycles. The quantitative estimate of drug-likeness (QED) is 0.621. The van der Waals surface area contributed by atoms with Crippen LogP contribution in [0.25, 0.3) is 11.0 Å². The molecule has 7 nitrogen and oxygen atoms in total. The Morgan fingerprint density at radius 2 is 1.90 bits per heavy atom. The van der Waals surface area contributed by atoms with Crippen molar-refractivity contribution in [3.63, 3.8) is 0 Å². The highest BCUT2D eigenvalue weighted by Crippen LogP contribution is 2.08. The van der Waals surface area contributed by atoms with Crippen molar-refractivity contribution in [1.29, 1.82) is 0 Å². The third-order valence-electron chi connectivity index (χ3n) is 3.07. The number of hydrogen-bond acceptors (Lipinski definition) is 3. The van der Waals surface area contributed by atoms with E-state index in [0.29, 0.717) is 19.5 Å². The average molecular weight is 312 g/mol. The molecule has 0 saturated carbocycles. The maximum atomic E-state index is 11.8. The summed E-state index contributed by atoms with van der Waals surface area (Å²) in [6.45, 7) is 3.05. The summed E-state index contributed by atoms with van der Waals surface area (Å²) in [6.07, 6.45) is 1.28. The third kappa shape index (κ3) is 4.16. The molecule has 0 atom stereocenters. The molecular formula is C13H20N4O3S. The van der Waals surface area contributed by atoms with Gasteiger partial charge in [0.2, 0.25) is 0 Å². The van der Waals surface area contributed by atoms with E-state index >= 15 is 0 Å². The number of aryl methyl sites for hydroxylation is 1. The second kappa shape index (κ2) is 6.88. The summed E-state index contributed by atoms with van der Waals surface area (Å²) in [5.41, 5.74) is 1.44. The fourth-order valence-corrected chi connectivity index (χ4v) is 3.05. The lowest BCUT2D eigenvalue weighted by Gasteiger charge is -2.07. The van der Waals surface area contributed by atoms with Gasteiger partial charge in [-0.25, -0.2) is 14.2 Å². The molecule has 3 N–H and O–H groups in total. The zero-order chi connectivity index (χ0) is 15.3. The van der Waals surface area contributed by atoms with Crippen LogP contribution < -0.4 is 15.1 Å². The lowest BCUT2D eigenvalue weighted by atomic mass is 10.3. The summed E-state index contributed by atoms with van der Waals surface area (Å²) in [5.74, 6) is 0. The minimum Gasteiger partial charge on any atom is -0.306 e. The average Bonchev–Trinajstić information content (AvgIpc) is 2.77. The molecule has 2 aromatic rings. The molecule has 0 fully saturated rings. The lowest BCUT2D eigenvalue weighted by Crippen LogP contribution is -2.37. The number of fused-ring (bicyclic) bond motifs is 1. The number of imidazole rings is 1. The van der Waals surface area contributed by atoms with Gasteiger partial charge in [-0.3, -0.25) is 4.57 Å². The molecule has 1 aromatic heterocycles. The molecule has 0 amide bonds. The first-order chi connectivity index (χ1) is 10.0. The molecule has 0 radical (unpaired) electrons. The van der Waals surface area contributed by atoms with Crippen molar-refractivity contribution in [3.8, 4) is 0 Å². The number of benzene rings is 1. The maximum absolute atomic E-state index is 11.8. The van der Waals surface area contributed by atoms with Gasteiger partial charge in [0.1, 0.15) is 0 Å². The van der Waals surface area contributed by atoms with Gasteiger partial charge in [0.05, 0.1) is 11.0 Å². The number of para-hydroxylation sites is 2. The SMILES string of the molecule is CCCNS(=O)(=O)NCCCn1c(=O)[nH]c2ccccc21. The van der Waals surface area contributed by atoms with Crippen LogP contribution in [0.15, 0.2) is 29.1 Å². The summed E-state index contributed by atoms with van der Waals surface area (Å²) >= 11 is 0. The molecule has 0 aliphatic heterocycles. The standard InChI is InChI=1S/C13H20N4O3S/c1-2-8-14-21(19,20)15-9-5-10-17-12-7-4-3-6-11(12)16-13(17)18/h3-4,6-7,14-15H,2,5,8-10H2,1H3,(H,16,18). The van der Waals surface area contributed by atoms with Crippen molar-refractivity contribution in [1.82, 2.24) is 19.0 Å². The Bertz CT molecular complexity index is 748. The van der Waals surface area contributed by atoms with Gasteiger partial charge in [-0.1, -0.05) is 19.1 Å². The largest absolute Gasteiger partial charge is 0.326 e. The van der Waals surface area contributed by atoms with Crippen molar-refractivity contribution in [2.45, 2.75) is 26.3 Å². The third-order valence-corrected chi connectivity index (χ3v) is 4.24.